The number of rotatable bonds is 4. The molecule has 0 aromatic heterocycles. The number of hydrogen-bond donors (Lipinski definition) is 0. The second-order valence-corrected chi connectivity index (χ2v) is 4.99. The van der Waals surface area contributed by atoms with Gasteiger partial charge >= 0.3 is 0 Å². The lowest BCUT2D eigenvalue weighted by molar-refractivity contribution is -0.384. The number of carbonyl (C=O) groups is 1. The van der Waals surface area contributed by atoms with Crippen LogP contribution in [0.2, 0.25) is 0 Å². The zero-order valence-electron chi connectivity index (χ0n) is 14.9. The zero-order chi connectivity index (χ0) is 17.9. The SMILES string of the molecule is [2H]C([2H])([2H])N1CCN(CC(=O)N(C)c2ccc([N+](=O)[O-])cc2)CC1. The molecule has 1 saturated heterocycles. The van der Waals surface area contributed by atoms with Crippen LogP contribution in [0.25, 0.3) is 0 Å². The van der Waals surface area contributed by atoms with Gasteiger partial charge in [-0.25, -0.2) is 0 Å². The highest BCUT2D eigenvalue weighted by Crippen LogP contribution is 2.18. The summed E-state index contributed by atoms with van der Waals surface area (Å²) in [7, 11) is 1.61. The average molecular weight is 295 g/mol. The Morgan fingerprint density at radius 2 is 1.95 bits per heavy atom. The highest BCUT2D eigenvalue weighted by atomic mass is 16.6. The summed E-state index contributed by atoms with van der Waals surface area (Å²) in [6.45, 7) is -0.0967. The van der Waals surface area contributed by atoms with Crippen molar-refractivity contribution >= 4 is 17.3 Å². The number of likely N-dealkylation sites (N-methyl/N-ethyl adjacent to an activating group) is 2. The molecule has 1 amide bonds. The first-order chi connectivity index (χ1) is 11.2. The molecule has 1 aromatic carbocycles. The Labute approximate surface area is 128 Å². The van der Waals surface area contributed by atoms with Crippen LogP contribution < -0.4 is 4.90 Å². The molecule has 114 valence electrons. The van der Waals surface area contributed by atoms with Crippen LogP contribution >= 0.6 is 0 Å². The van der Waals surface area contributed by atoms with Crippen LogP contribution in [-0.4, -0.2) is 67.4 Å². The minimum Gasteiger partial charge on any atom is -0.314 e. The molecule has 21 heavy (non-hydrogen) atoms. The number of nitro benzene ring substituents is 1. The van der Waals surface area contributed by atoms with E-state index < -0.39 is 11.9 Å². The minimum absolute atomic E-state index is 0.0274. The molecular formula is C14H20N4O3. The first-order valence-corrected chi connectivity index (χ1v) is 6.67. The molecule has 1 aliphatic heterocycles. The fourth-order valence-electron chi connectivity index (χ4n) is 2.15. The predicted octanol–water partition coefficient (Wildman–Crippen LogP) is 0.805. The van der Waals surface area contributed by atoms with Gasteiger partial charge in [-0.05, 0) is 19.1 Å². The molecule has 0 N–H and O–H groups in total. The van der Waals surface area contributed by atoms with E-state index in [-0.39, 0.29) is 18.1 Å². The summed E-state index contributed by atoms with van der Waals surface area (Å²) in [6, 6.07) is 5.77. The Morgan fingerprint density at radius 3 is 2.48 bits per heavy atom. The van der Waals surface area contributed by atoms with E-state index >= 15 is 0 Å². The van der Waals surface area contributed by atoms with E-state index in [9.17, 15) is 14.9 Å². The highest BCUT2D eigenvalue weighted by Gasteiger charge is 2.19. The van der Waals surface area contributed by atoms with Crippen molar-refractivity contribution in [2.75, 3.05) is 51.6 Å². The maximum Gasteiger partial charge on any atom is 0.269 e. The summed E-state index contributed by atoms with van der Waals surface area (Å²) >= 11 is 0. The maximum atomic E-state index is 12.3. The standard InChI is InChI=1S/C14H20N4O3/c1-15-7-9-17(10-8-15)11-14(19)16(2)12-3-5-13(6-4-12)18(20)21/h3-6H,7-11H2,1-2H3/i1D3. The first kappa shape index (κ1) is 11.6. The number of benzene rings is 1. The number of anilines is 1. The number of amides is 1. The van der Waals surface area contributed by atoms with Gasteiger partial charge in [0.25, 0.3) is 5.69 Å². The lowest BCUT2D eigenvalue weighted by atomic mass is 10.2. The number of hydrogen-bond acceptors (Lipinski definition) is 5. The van der Waals surface area contributed by atoms with Crippen molar-refractivity contribution in [1.82, 2.24) is 9.80 Å². The first-order valence-electron chi connectivity index (χ1n) is 8.17. The molecule has 1 heterocycles. The predicted molar refractivity (Wildman–Crippen MR) is 80.4 cm³/mol. The Balaban J connectivity index is 1.89. The van der Waals surface area contributed by atoms with Crippen LogP contribution in [-0.2, 0) is 4.79 Å². The van der Waals surface area contributed by atoms with Crippen molar-refractivity contribution in [3.05, 3.63) is 34.4 Å². The molecule has 1 aromatic rings. The third-order valence-corrected chi connectivity index (χ3v) is 3.55. The van der Waals surface area contributed by atoms with Crippen molar-refractivity contribution in [2.24, 2.45) is 0 Å². The lowest BCUT2D eigenvalue weighted by Crippen LogP contribution is -2.48. The molecule has 1 aliphatic rings. The fraction of sp³-hybridized carbons (Fsp3) is 0.500. The monoisotopic (exact) mass is 295 g/mol. The Morgan fingerprint density at radius 1 is 1.33 bits per heavy atom. The molecule has 7 nitrogen and oxygen atoms in total. The molecule has 1 fully saturated rings. The normalized spacial score (nSPS) is 19.4. The van der Waals surface area contributed by atoms with E-state index in [1.807, 2.05) is 4.90 Å². The summed E-state index contributed by atoms with van der Waals surface area (Å²) in [4.78, 5) is 27.3. The molecule has 0 spiro atoms. The average Bonchev–Trinajstić information content (AvgIpc) is 2.54. The van der Waals surface area contributed by atoms with E-state index in [0.717, 1.165) is 0 Å². The summed E-state index contributed by atoms with van der Waals surface area (Å²) in [6.07, 6.45) is 0. The Hall–Kier alpha value is -1.99. The molecule has 0 aliphatic carbocycles. The Kier molecular flexibility index (Phi) is 3.68. The topological polar surface area (TPSA) is 69.9 Å². The molecule has 0 atom stereocenters. The van der Waals surface area contributed by atoms with Crippen molar-refractivity contribution < 1.29 is 13.8 Å². The van der Waals surface area contributed by atoms with E-state index in [2.05, 4.69) is 0 Å². The van der Waals surface area contributed by atoms with E-state index in [1.165, 1.54) is 34.1 Å². The molecule has 0 radical (unpaired) electrons. The second kappa shape index (κ2) is 6.64. The molecule has 0 bridgehead atoms. The zero-order valence-corrected chi connectivity index (χ0v) is 11.9. The highest BCUT2D eigenvalue weighted by molar-refractivity contribution is 5.94. The van der Waals surface area contributed by atoms with Gasteiger partial charge in [0.15, 0.2) is 0 Å². The van der Waals surface area contributed by atoms with Crippen LogP contribution in [0.1, 0.15) is 4.11 Å². The van der Waals surface area contributed by atoms with E-state index in [0.29, 0.717) is 31.9 Å². The minimum atomic E-state index is -2.09. The van der Waals surface area contributed by atoms with Gasteiger partial charge in [0.2, 0.25) is 5.91 Å². The quantitative estimate of drug-likeness (QED) is 0.607. The third-order valence-electron chi connectivity index (χ3n) is 3.55. The smallest absolute Gasteiger partial charge is 0.269 e. The van der Waals surface area contributed by atoms with Gasteiger partial charge in [0.05, 0.1) is 11.5 Å². The maximum absolute atomic E-state index is 12.3. The van der Waals surface area contributed by atoms with Crippen LogP contribution in [0.5, 0.6) is 0 Å². The van der Waals surface area contributed by atoms with E-state index in [4.69, 9.17) is 4.11 Å². The van der Waals surface area contributed by atoms with Gasteiger partial charge in [0, 0.05) is 55.2 Å². The van der Waals surface area contributed by atoms with Crippen LogP contribution in [0, 0.1) is 10.1 Å². The van der Waals surface area contributed by atoms with Crippen molar-refractivity contribution in [3.8, 4) is 0 Å². The number of nitro groups is 1. The van der Waals surface area contributed by atoms with Gasteiger partial charge in [-0.2, -0.15) is 0 Å². The molecule has 0 unspecified atom stereocenters. The van der Waals surface area contributed by atoms with Crippen LogP contribution in [0.3, 0.4) is 0 Å². The molecule has 7 heteroatoms. The summed E-state index contributed by atoms with van der Waals surface area (Å²) in [5, 5.41) is 10.7. The van der Waals surface area contributed by atoms with Crippen molar-refractivity contribution in [3.63, 3.8) is 0 Å². The summed E-state index contributed by atoms with van der Waals surface area (Å²) in [5.74, 6) is -0.147. The summed E-state index contributed by atoms with van der Waals surface area (Å²) < 4.78 is 22.1. The van der Waals surface area contributed by atoms with Gasteiger partial charge in [0.1, 0.15) is 0 Å². The fourth-order valence-corrected chi connectivity index (χ4v) is 2.15. The largest absolute Gasteiger partial charge is 0.314 e. The van der Waals surface area contributed by atoms with Gasteiger partial charge < -0.3 is 9.80 Å². The molecule has 0 saturated carbocycles. The van der Waals surface area contributed by atoms with Gasteiger partial charge in [-0.3, -0.25) is 19.8 Å². The molecular weight excluding hydrogens is 272 g/mol. The van der Waals surface area contributed by atoms with Crippen LogP contribution in [0.15, 0.2) is 24.3 Å². The van der Waals surface area contributed by atoms with Crippen LogP contribution in [0.4, 0.5) is 11.4 Å². The van der Waals surface area contributed by atoms with Crippen molar-refractivity contribution in [2.45, 2.75) is 0 Å². The van der Waals surface area contributed by atoms with Crippen molar-refractivity contribution in [1.29, 1.82) is 0 Å². The number of nitrogens with zero attached hydrogens (tertiary/aromatic N) is 4. The number of non-ortho nitro benzene ring substituents is 1. The van der Waals surface area contributed by atoms with E-state index in [1.54, 1.807) is 7.05 Å². The number of piperazine rings is 1. The third kappa shape index (κ3) is 3.99. The summed E-state index contributed by atoms with van der Waals surface area (Å²) in [5.41, 5.74) is 0.548. The van der Waals surface area contributed by atoms with Gasteiger partial charge in [-0.15, -0.1) is 0 Å². The second-order valence-electron chi connectivity index (χ2n) is 4.99. The van der Waals surface area contributed by atoms with Gasteiger partial charge in [-0.1, -0.05) is 0 Å². The molecule has 2 rings (SSSR count). The lowest BCUT2D eigenvalue weighted by Gasteiger charge is -2.32. The Bertz CT molecular complexity index is 598. The number of carbonyl (C=O) groups excluding carboxylic acids is 1.